The molecule has 3 aromatic carbocycles. The van der Waals surface area contributed by atoms with Gasteiger partial charge in [-0.15, -0.1) is 0 Å². The number of quaternary nitrogens is 1. The molecular formula is C28H33N4O2+. The second-order valence-electron chi connectivity index (χ2n) is 9.39. The van der Waals surface area contributed by atoms with Crippen molar-refractivity contribution in [2.24, 2.45) is 11.7 Å². The topological polar surface area (TPSA) is 84.2 Å². The molecule has 1 aliphatic heterocycles. The van der Waals surface area contributed by atoms with Gasteiger partial charge in [-0.2, -0.15) is 0 Å². The Hall–Kier alpha value is -3.64. The van der Waals surface area contributed by atoms with Crippen LogP contribution in [0.15, 0.2) is 91.0 Å². The van der Waals surface area contributed by atoms with E-state index in [9.17, 15) is 9.59 Å². The molecule has 0 aromatic heterocycles. The summed E-state index contributed by atoms with van der Waals surface area (Å²) < 4.78 is 0.769. The lowest BCUT2D eigenvalue weighted by molar-refractivity contribution is -0.898. The fraction of sp³-hybridized carbons (Fsp3) is 0.286. The number of hydrogen-bond donors (Lipinski definition) is 3. The minimum absolute atomic E-state index is 0.0537. The van der Waals surface area contributed by atoms with Gasteiger partial charge in [-0.1, -0.05) is 78.9 Å². The van der Waals surface area contributed by atoms with Crippen LogP contribution in [0, 0.1) is 5.92 Å². The van der Waals surface area contributed by atoms with E-state index < -0.39 is 5.41 Å². The van der Waals surface area contributed by atoms with Gasteiger partial charge in [0.25, 0.3) is 0 Å². The van der Waals surface area contributed by atoms with Crippen molar-refractivity contribution in [2.45, 2.75) is 11.8 Å². The van der Waals surface area contributed by atoms with Crippen LogP contribution >= 0.6 is 0 Å². The summed E-state index contributed by atoms with van der Waals surface area (Å²) in [4.78, 5) is 25.5. The van der Waals surface area contributed by atoms with Crippen molar-refractivity contribution in [1.29, 1.82) is 0 Å². The molecule has 0 bridgehead atoms. The molecule has 6 nitrogen and oxygen atoms in total. The summed E-state index contributed by atoms with van der Waals surface area (Å²) >= 11 is 0. The molecule has 176 valence electrons. The van der Waals surface area contributed by atoms with Crippen LogP contribution in [0.2, 0.25) is 0 Å². The van der Waals surface area contributed by atoms with Crippen molar-refractivity contribution in [3.63, 3.8) is 0 Å². The molecule has 1 unspecified atom stereocenters. The van der Waals surface area contributed by atoms with E-state index in [4.69, 9.17) is 5.73 Å². The van der Waals surface area contributed by atoms with Crippen molar-refractivity contribution in [2.75, 3.05) is 38.5 Å². The van der Waals surface area contributed by atoms with Crippen LogP contribution in [0.1, 0.15) is 17.5 Å². The lowest BCUT2D eigenvalue weighted by atomic mass is 9.64. The van der Waals surface area contributed by atoms with Gasteiger partial charge in [-0.25, -0.2) is 4.79 Å². The number of nitrogens with one attached hydrogen (secondary N) is 2. The van der Waals surface area contributed by atoms with Gasteiger partial charge in [0.2, 0.25) is 5.91 Å². The standard InChI is InChI=1S/C28H32N4O2/c1-32(20-18-30-27(34)31-25-15-9-4-10-16-25)19-17-24(21-32)28(26(29)33,22-11-5-2-6-12-22)23-13-7-3-8-14-23/h2-16,24H,17-21H2,1H3,(H3-,29,30,31,33,34)/p+1/t24-,32?/m1/s1. The van der Waals surface area contributed by atoms with Crippen LogP contribution in [0.3, 0.4) is 0 Å². The Labute approximate surface area is 201 Å². The van der Waals surface area contributed by atoms with Crippen molar-refractivity contribution >= 4 is 17.6 Å². The first-order valence-electron chi connectivity index (χ1n) is 11.8. The molecule has 34 heavy (non-hydrogen) atoms. The van der Waals surface area contributed by atoms with E-state index in [0.717, 1.165) is 47.4 Å². The summed E-state index contributed by atoms with van der Waals surface area (Å²) in [6.45, 7) is 3.04. The van der Waals surface area contributed by atoms with Crippen molar-refractivity contribution < 1.29 is 14.1 Å². The second kappa shape index (κ2) is 10.1. The Bertz CT molecular complexity index is 1070. The van der Waals surface area contributed by atoms with Gasteiger partial charge in [0.15, 0.2) is 0 Å². The number of amides is 3. The molecule has 4 N–H and O–H groups in total. The molecule has 1 saturated heterocycles. The lowest BCUT2D eigenvalue weighted by Gasteiger charge is -2.38. The number of carbonyl (C=O) groups excluding carboxylic acids is 2. The van der Waals surface area contributed by atoms with Gasteiger partial charge in [-0.05, 0) is 23.3 Å². The van der Waals surface area contributed by atoms with E-state index in [0.29, 0.717) is 6.54 Å². The Kier molecular flexibility index (Phi) is 6.98. The molecule has 0 aliphatic carbocycles. The number of nitrogens with two attached hydrogens (primary N) is 1. The Morgan fingerprint density at radius 2 is 1.44 bits per heavy atom. The molecule has 3 amide bonds. The number of primary amides is 1. The molecule has 0 spiro atoms. The monoisotopic (exact) mass is 457 g/mol. The Morgan fingerprint density at radius 1 is 0.912 bits per heavy atom. The minimum Gasteiger partial charge on any atom is -0.369 e. The highest BCUT2D eigenvalue weighted by Gasteiger charge is 2.53. The van der Waals surface area contributed by atoms with Gasteiger partial charge in [0.05, 0.1) is 33.2 Å². The van der Waals surface area contributed by atoms with Crippen LogP contribution in [-0.2, 0) is 10.2 Å². The van der Waals surface area contributed by atoms with Crippen LogP contribution < -0.4 is 16.4 Å². The number of hydrogen-bond acceptors (Lipinski definition) is 2. The highest BCUT2D eigenvalue weighted by molar-refractivity contribution is 5.91. The van der Waals surface area contributed by atoms with Crippen molar-refractivity contribution in [1.82, 2.24) is 5.32 Å². The fourth-order valence-corrected chi connectivity index (χ4v) is 5.40. The quantitative estimate of drug-likeness (QED) is 0.450. The van der Waals surface area contributed by atoms with Crippen LogP contribution in [0.4, 0.5) is 10.5 Å². The Balaban J connectivity index is 1.49. The molecule has 0 radical (unpaired) electrons. The number of urea groups is 1. The van der Waals surface area contributed by atoms with E-state index >= 15 is 0 Å². The number of para-hydroxylation sites is 1. The zero-order valence-corrected chi connectivity index (χ0v) is 19.6. The Morgan fingerprint density at radius 3 is 1.97 bits per heavy atom. The number of nitrogens with zero attached hydrogens (tertiary/aromatic N) is 1. The average molecular weight is 458 g/mol. The third-order valence-corrected chi connectivity index (χ3v) is 7.11. The number of benzene rings is 3. The first kappa shape index (κ1) is 23.5. The van der Waals surface area contributed by atoms with Crippen LogP contribution in [-0.4, -0.2) is 49.6 Å². The zero-order valence-electron chi connectivity index (χ0n) is 19.6. The summed E-state index contributed by atoms with van der Waals surface area (Å²) in [5.74, 6) is -0.262. The third kappa shape index (κ3) is 4.82. The largest absolute Gasteiger partial charge is 0.369 e. The highest BCUT2D eigenvalue weighted by Crippen LogP contribution is 2.44. The summed E-state index contributed by atoms with van der Waals surface area (Å²) in [5, 5.41) is 5.82. The number of carbonyl (C=O) groups is 2. The predicted molar refractivity (Wildman–Crippen MR) is 135 cm³/mol. The maximum atomic E-state index is 13.2. The molecule has 1 heterocycles. The number of rotatable bonds is 8. The van der Waals surface area contributed by atoms with E-state index in [1.165, 1.54) is 0 Å². The maximum absolute atomic E-state index is 13.2. The van der Waals surface area contributed by atoms with Gasteiger partial charge in [0.1, 0.15) is 5.41 Å². The molecule has 3 aromatic rings. The molecular weight excluding hydrogens is 424 g/mol. The number of likely N-dealkylation sites (N-methyl/N-ethyl adjacent to an activating group) is 1. The summed E-state index contributed by atoms with van der Waals surface area (Å²) in [6, 6.07) is 29.0. The first-order valence-corrected chi connectivity index (χ1v) is 11.8. The SMILES string of the molecule is C[N+]1(CCNC(=O)Nc2ccccc2)CC[C@@H](C(C(N)=O)(c2ccccc2)c2ccccc2)C1. The smallest absolute Gasteiger partial charge is 0.319 e. The van der Waals surface area contributed by atoms with Crippen molar-refractivity contribution in [3.8, 4) is 0 Å². The van der Waals surface area contributed by atoms with Gasteiger partial charge in [-0.3, -0.25) is 4.79 Å². The van der Waals surface area contributed by atoms with E-state index in [-0.39, 0.29) is 17.9 Å². The normalized spacial score (nSPS) is 20.0. The number of likely N-dealkylation sites (tertiary alicyclic amines) is 1. The lowest BCUT2D eigenvalue weighted by Crippen LogP contribution is -2.52. The van der Waals surface area contributed by atoms with Gasteiger partial charge >= 0.3 is 6.03 Å². The molecule has 4 rings (SSSR count). The summed E-state index contributed by atoms with van der Waals surface area (Å²) in [6.07, 6.45) is 0.874. The van der Waals surface area contributed by atoms with Gasteiger partial charge in [0, 0.05) is 18.0 Å². The second-order valence-corrected chi connectivity index (χ2v) is 9.39. The van der Waals surface area contributed by atoms with Gasteiger partial charge < -0.3 is 20.9 Å². The summed E-state index contributed by atoms with van der Waals surface area (Å²) in [5.41, 5.74) is 7.95. The van der Waals surface area contributed by atoms with E-state index in [2.05, 4.69) is 17.7 Å². The maximum Gasteiger partial charge on any atom is 0.319 e. The minimum atomic E-state index is -0.892. The fourth-order valence-electron chi connectivity index (χ4n) is 5.40. The zero-order chi connectivity index (χ0) is 24.0. The average Bonchev–Trinajstić information content (AvgIpc) is 3.23. The predicted octanol–water partition coefficient (Wildman–Crippen LogP) is 3.75. The summed E-state index contributed by atoms with van der Waals surface area (Å²) in [7, 11) is 2.19. The molecule has 1 fully saturated rings. The third-order valence-electron chi connectivity index (χ3n) is 7.11. The first-order chi connectivity index (χ1) is 16.4. The van der Waals surface area contributed by atoms with Crippen LogP contribution in [0.25, 0.3) is 0 Å². The van der Waals surface area contributed by atoms with Crippen molar-refractivity contribution in [3.05, 3.63) is 102 Å². The van der Waals surface area contributed by atoms with Crippen LogP contribution in [0.5, 0.6) is 0 Å². The molecule has 6 heteroatoms. The van der Waals surface area contributed by atoms with E-state index in [1.54, 1.807) is 0 Å². The number of anilines is 1. The van der Waals surface area contributed by atoms with E-state index in [1.807, 2.05) is 91.0 Å². The molecule has 0 saturated carbocycles. The molecule has 1 aliphatic rings. The molecule has 2 atom stereocenters. The highest BCUT2D eigenvalue weighted by atomic mass is 16.2.